The van der Waals surface area contributed by atoms with Crippen LogP contribution in [0.15, 0.2) is 43.1 Å². The molecule has 1 unspecified atom stereocenters. The van der Waals surface area contributed by atoms with Gasteiger partial charge in [0.15, 0.2) is 5.82 Å². The van der Waals surface area contributed by atoms with Crippen molar-refractivity contribution >= 4 is 23.5 Å². The molecule has 156 valence electrons. The molecule has 2 aromatic rings. The lowest BCUT2D eigenvalue weighted by Gasteiger charge is -2.37. The maximum Gasteiger partial charge on any atom is 0.153 e. The molecule has 0 saturated carbocycles. The molecule has 0 spiro atoms. The normalized spacial score (nSPS) is 22.8. The second kappa shape index (κ2) is 8.39. The summed E-state index contributed by atoms with van der Waals surface area (Å²) in [5, 5.41) is 1.79. The molecule has 0 bridgehead atoms. The number of carbonyl (C=O) groups excluding carboxylic acids is 1. The Morgan fingerprint density at radius 3 is 2.60 bits per heavy atom. The van der Waals surface area contributed by atoms with Gasteiger partial charge < -0.3 is 20.0 Å². The number of hydrogen-bond acceptors (Lipinski definition) is 8. The van der Waals surface area contributed by atoms with Gasteiger partial charge in [0.1, 0.15) is 24.5 Å². The maximum atomic E-state index is 11.9. The Kier molecular flexibility index (Phi) is 5.31. The second-order valence-electron chi connectivity index (χ2n) is 8.12. The fourth-order valence-corrected chi connectivity index (χ4v) is 4.78. The number of aldehydes is 1. The van der Waals surface area contributed by atoms with Crippen molar-refractivity contribution in [1.29, 1.82) is 0 Å². The molecule has 8 heteroatoms. The van der Waals surface area contributed by atoms with Gasteiger partial charge in [0.05, 0.1) is 0 Å². The molecule has 0 amide bonds. The molecule has 5 heterocycles. The fraction of sp³-hybridized carbons (Fsp3) is 0.455. The molecular weight excluding hydrogens is 378 g/mol. The molecule has 0 aliphatic carbocycles. The molecule has 0 radical (unpaired) electrons. The third kappa shape index (κ3) is 3.63. The van der Waals surface area contributed by atoms with Crippen LogP contribution >= 0.6 is 0 Å². The van der Waals surface area contributed by atoms with E-state index in [2.05, 4.69) is 30.2 Å². The smallest absolute Gasteiger partial charge is 0.153 e. The monoisotopic (exact) mass is 405 g/mol. The molecule has 1 atom stereocenters. The van der Waals surface area contributed by atoms with E-state index in [4.69, 9.17) is 0 Å². The average molecular weight is 406 g/mol. The van der Waals surface area contributed by atoms with Crippen LogP contribution in [-0.4, -0.2) is 64.4 Å². The summed E-state index contributed by atoms with van der Waals surface area (Å²) in [4.78, 5) is 30.0. The molecular formula is C22H27N7O. The lowest BCUT2D eigenvalue weighted by Crippen LogP contribution is -2.44. The zero-order chi connectivity index (χ0) is 20.3. The Morgan fingerprint density at radius 1 is 1.07 bits per heavy atom. The number of anilines is 2. The van der Waals surface area contributed by atoms with E-state index in [1.165, 1.54) is 38.8 Å². The standard InChI is InChI=1S/C22H27N7O/c30-15-20-19(17-4-3-7-23-13-17)14-26-29(20)22-12-21(24-16-25-22)28-10-5-18(6-11-28)27-8-1-2-9-27/h3-4,7,12-16,18,20,26H,1-2,5-6,8-11H2. The van der Waals surface area contributed by atoms with Gasteiger partial charge >= 0.3 is 0 Å². The van der Waals surface area contributed by atoms with E-state index >= 15 is 0 Å². The summed E-state index contributed by atoms with van der Waals surface area (Å²) < 4.78 is 0. The van der Waals surface area contributed by atoms with Crippen LogP contribution < -0.4 is 15.3 Å². The molecule has 5 rings (SSSR count). The van der Waals surface area contributed by atoms with E-state index in [-0.39, 0.29) is 0 Å². The average Bonchev–Trinajstić information content (AvgIpc) is 3.50. The molecule has 0 aromatic carbocycles. The molecule has 2 fully saturated rings. The van der Waals surface area contributed by atoms with Crippen LogP contribution in [0.1, 0.15) is 31.2 Å². The predicted octanol–water partition coefficient (Wildman–Crippen LogP) is 1.87. The number of carbonyl (C=O) groups is 1. The number of aromatic nitrogens is 3. The minimum absolute atomic E-state index is 0.460. The minimum atomic E-state index is -0.460. The fourth-order valence-electron chi connectivity index (χ4n) is 4.78. The SMILES string of the molecule is O=CC1C(c2cccnc2)=CNN1c1cc(N2CCC(N3CCCC3)CC2)ncn1. The number of hydrogen-bond donors (Lipinski definition) is 1. The number of piperidine rings is 1. The van der Waals surface area contributed by atoms with Crippen LogP contribution in [0.2, 0.25) is 0 Å². The summed E-state index contributed by atoms with van der Waals surface area (Å²) in [5.41, 5.74) is 4.99. The Morgan fingerprint density at radius 2 is 1.87 bits per heavy atom. The van der Waals surface area contributed by atoms with Crippen LogP contribution in [0.4, 0.5) is 11.6 Å². The van der Waals surface area contributed by atoms with E-state index < -0.39 is 6.04 Å². The lowest BCUT2D eigenvalue weighted by atomic mass is 10.0. The molecule has 2 aromatic heterocycles. The van der Waals surface area contributed by atoms with Crippen molar-refractivity contribution < 1.29 is 4.79 Å². The van der Waals surface area contributed by atoms with E-state index in [9.17, 15) is 4.79 Å². The number of hydrazine groups is 1. The van der Waals surface area contributed by atoms with Gasteiger partial charge in [-0.3, -0.25) is 9.99 Å². The third-order valence-electron chi connectivity index (χ3n) is 6.41. The summed E-state index contributed by atoms with van der Waals surface area (Å²) in [6.45, 7) is 4.51. The first-order chi connectivity index (χ1) is 14.8. The number of likely N-dealkylation sites (tertiary alicyclic amines) is 1. The number of pyridine rings is 1. The molecule has 2 saturated heterocycles. The summed E-state index contributed by atoms with van der Waals surface area (Å²) in [7, 11) is 0. The minimum Gasteiger partial charge on any atom is -0.356 e. The summed E-state index contributed by atoms with van der Waals surface area (Å²) >= 11 is 0. The Hall–Kier alpha value is -3.00. The van der Waals surface area contributed by atoms with Crippen molar-refractivity contribution in [3.63, 3.8) is 0 Å². The highest BCUT2D eigenvalue weighted by Gasteiger charge is 2.31. The van der Waals surface area contributed by atoms with Gasteiger partial charge in [0, 0.05) is 54.9 Å². The highest BCUT2D eigenvalue weighted by molar-refractivity contribution is 5.89. The first-order valence-corrected chi connectivity index (χ1v) is 10.8. The van der Waals surface area contributed by atoms with Crippen molar-refractivity contribution in [1.82, 2.24) is 25.3 Å². The van der Waals surface area contributed by atoms with Gasteiger partial charge in [-0.1, -0.05) is 6.07 Å². The van der Waals surface area contributed by atoms with Crippen LogP contribution in [0.25, 0.3) is 5.57 Å². The van der Waals surface area contributed by atoms with E-state index in [1.807, 2.05) is 24.4 Å². The van der Waals surface area contributed by atoms with Gasteiger partial charge in [-0.15, -0.1) is 0 Å². The number of nitrogens with one attached hydrogen (secondary N) is 1. The third-order valence-corrected chi connectivity index (χ3v) is 6.41. The highest BCUT2D eigenvalue weighted by atomic mass is 16.1. The van der Waals surface area contributed by atoms with Gasteiger partial charge in [-0.25, -0.2) is 9.97 Å². The Balaban J connectivity index is 1.29. The number of nitrogens with zero attached hydrogens (tertiary/aromatic N) is 6. The van der Waals surface area contributed by atoms with Crippen molar-refractivity contribution in [2.24, 2.45) is 0 Å². The molecule has 3 aliphatic heterocycles. The van der Waals surface area contributed by atoms with Gasteiger partial charge in [-0.05, 0) is 44.8 Å². The summed E-state index contributed by atoms with van der Waals surface area (Å²) in [6, 6.07) is 6.04. The van der Waals surface area contributed by atoms with Gasteiger partial charge in [-0.2, -0.15) is 0 Å². The van der Waals surface area contributed by atoms with Crippen molar-refractivity contribution in [3.05, 3.63) is 48.7 Å². The van der Waals surface area contributed by atoms with Crippen LogP contribution in [0, 0.1) is 0 Å². The zero-order valence-corrected chi connectivity index (χ0v) is 17.0. The molecule has 30 heavy (non-hydrogen) atoms. The quantitative estimate of drug-likeness (QED) is 0.756. The second-order valence-corrected chi connectivity index (χ2v) is 8.12. The summed E-state index contributed by atoms with van der Waals surface area (Å²) in [6.07, 6.45) is 12.9. The Bertz CT molecular complexity index is 905. The van der Waals surface area contributed by atoms with Gasteiger partial charge in [0.25, 0.3) is 0 Å². The van der Waals surface area contributed by atoms with E-state index in [0.717, 1.165) is 36.3 Å². The number of rotatable bonds is 5. The largest absolute Gasteiger partial charge is 0.356 e. The first kappa shape index (κ1) is 19.0. The van der Waals surface area contributed by atoms with Crippen molar-refractivity contribution in [2.45, 2.75) is 37.8 Å². The van der Waals surface area contributed by atoms with Crippen LogP contribution in [0.3, 0.4) is 0 Å². The van der Waals surface area contributed by atoms with Gasteiger partial charge in [0.2, 0.25) is 0 Å². The van der Waals surface area contributed by atoms with Crippen LogP contribution in [-0.2, 0) is 4.79 Å². The first-order valence-electron chi connectivity index (χ1n) is 10.8. The maximum absolute atomic E-state index is 11.9. The molecule has 1 N–H and O–H groups in total. The lowest BCUT2D eigenvalue weighted by molar-refractivity contribution is -0.107. The Labute approximate surface area is 176 Å². The van der Waals surface area contributed by atoms with E-state index in [1.54, 1.807) is 23.7 Å². The summed E-state index contributed by atoms with van der Waals surface area (Å²) in [5.74, 6) is 1.61. The highest BCUT2D eigenvalue weighted by Crippen LogP contribution is 2.29. The molecule has 8 nitrogen and oxygen atoms in total. The van der Waals surface area contributed by atoms with Crippen LogP contribution in [0.5, 0.6) is 0 Å². The zero-order valence-electron chi connectivity index (χ0n) is 17.0. The van der Waals surface area contributed by atoms with E-state index in [0.29, 0.717) is 11.9 Å². The topological polar surface area (TPSA) is 77.5 Å². The molecule has 3 aliphatic rings. The predicted molar refractivity (Wildman–Crippen MR) is 116 cm³/mol. The van der Waals surface area contributed by atoms with Crippen molar-refractivity contribution in [3.8, 4) is 0 Å². The van der Waals surface area contributed by atoms with Crippen molar-refractivity contribution in [2.75, 3.05) is 36.1 Å².